The molecule has 34 heavy (non-hydrogen) atoms. The molecule has 0 spiro atoms. The molecule has 1 atom stereocenters. The summed E-state index contributed by atoms with van der Waals surface area (Å²) in [6.45, 7) is 3.57. The van der Waals surface area contributed by atoms with E-state index in [1.54, 1.807) is 31.2 Å². The molecule has 3 aromatic rings. The highest BCUT2D eigenvalue weighted by Gasteiger charge is 2.21. The van der Waals surface area contributed by atoms with E-state index in [1.165, 1.54) is 32.2 Å². The number of carbonyl (C=O) groups is 1. The second-order valence-corrected chi connectivity index (χ2v) is 8.25. The number of aromatic nitrogens is 2. The first-order valence-electron chi connectivity index (χ1n) is 10.6. The molecule has 0 saturated carbocycles. The fraction of sp³-hybridized carbons (Fsp3) is 0.333. The molecule has 0 aliphatic rings. The molecule has 3 rings (SSSR count). The third-order valence-electron chi connectivity index (χ3n) is 4.98. The van der Waals surface area contributed by atoms with Crippen LogP contribution in [-0.4, -0.2) is 49.3 Å². The Morgan fingerprint density at radius 2 is 1.85 bits per heavy atom. The zero-order chi connectivity index (χ0) is 24.8. The van der Waals surface area contributed by atoms with E-state index in [-0.39, 0.29) is 11.3 Å². The largest absolute Gasteiger partial charge is 0.493 e. The van der Waals surface area contributed by atoms with Crippen molar-refractivity contribution >= 4 is 39.0 Å². The molecule has 0 N–H and O–H groups in total. The first-order valence-corrected chi connectivity index (χ1v) is 11.4. The number of methoxy groups -OCH3 is 3. The average Bonchev–Trinajstić information content (AvgIpc) is 2.84. The van der Waals surface area contributed by atoms with Crippen LogP contribution >= 0.6 is 15.9 Å². The van der Waals surface area contributed by atoms with Gasteiger partial charge in [-0.3, -0.25) is 4.79 Å². The van der Waals surface area contributed by atoms with Gasteiger partial charge in [0.05, 0.1) is 38.4 Å². The predicted octanol–water partition coefficient (Wildman–Crippen LogP) is 3.95. The van der Waals surface area contributed by atoms with Gasteiger partial charge in [-0.1, -0.05) is 22.9 Å². The van der Waals surface area contributed by atoms with Crippen LogP contribution in [0.3, 0.4) is 0 Å². The Balaban J connectivity index is 2.07. The van der Waals surface area contributed by atoms with Gasteiger partial charge >= 0.3 is 5.97 Å². The molecule has 0 amide bonds. The monoisotopic (exact) mass is 531 g/mol. The number of hydrogen-bond acceptors (Lipinski definition) is 8. The SMILES string of the molecule is CCCc1nc2ccc(Br)cc2c(=O)n1N=Cc1cc(OC)c(O[C@H](C)C(=O)OC)c(OC)c1. The van der Waals surface area contributed by atoms with Crippen molar-refractivity contribution in [2.24, 2.45) is 5.10 Å². The molecule has 2 aromatic carbocycles. The Labute approximate surface area is 205 Å². The molecule has 180 valence electrons. The Morgan fingerprint density at radius 1 is 1.18 bits per heavy atom. The van der Waals surface area contributed by atoms with Crippen molar-refractivity contribution in [2.45, 2.75) is 32.8 Å². The minimum absolute atomic E-state index is 0.251. The number of ether oxygens (including phenoxy) is 4. The van der Waals surface area contributed by atoms with Crippen LogP contribution in [0.4, 0.5) is 0 Å². The number of halogens is 1. The number of hydrogen-bond donors (Lipinski definition) is 0. The summed E-state index contributed by atoms with van der Waals surface area (Å²) in [4.78, 5) is 29.6. The topological polar surface area (TPSA) is 101 Å². The van der Waals surface area contributed by atoms with Gasteiger partial charge in [0.1, 0.15) is 5.82 Å². The number of aryl methyl sites for hydroxylation is 1. The first-order chi connectivity index (χ1) is 16.3. The quantitative estimate of drug-likeness (QED) is 0.304. The third-order valence-corrected chi connectivity index (χ3v) is 5.48. The maximum absolute atomic E-state index is 13.2. The molecular formula is C24H26BrN3O6. The van der Waals surface area contributed by atoms with Gasteiger partial charge in [0, 0.05) is 16.5 Å². The second-order valence-electron chi connectivity index (χ2n) is 7.34. The fourth-order valence-electron chi connectivity index (χ4n) is 3.31. The molecule has 0 aliphatic carbocycles. The summed E-state index contributed by atoms with van der Waals surface area (Å²) in [5.41, 5.74) is 0.944. The highest BCUT2D eigenvalue weighted by atomic mass is 79.9. The van der Waals surface area contributed by atoms with E-state index in [4.69, 9.17) is 18.9 Å². The fourth-order valence-corrected chi connectivity index (χ4v) is 3.67. The molecule has 0 unspecified atom stereocenters. The van der Waals surface area contributed by atoms with Crippen LogP contribution in [-0.2, 0) is 16.0 Å². The van der Waals surface area contributed by atoms with Crippen molar-refractivity contribution in [3.63, 3.8) is 0 Å². The van der Waals surface area contributed by atoms with Crippen LogP contribution in [0, 0.1) is 0 Å². The normalized spacial score (nSPS) is 12.1. The zero-order valence-electron chi connectivity index (χ0n) is 19.6. The van der Waals surface area contributed by atoms with Gasteiger partial charge in [0.25, 0.3) is 5.56 Å². The van der Waals surface area contributed by atoms with E-state index in [2.05, 4.69) is 26.0 Å². The molecule has 1 aromatic heterocycles. The summed E-state index contributed by atoms with van der Waals surface area (Å²) in [7, 11) is 4.23. The summed E-state index contributed by atoms with van der Waals surface area (Å²) in [6.07, 6.45) is 2.04. The standard InChI is InChI=1S/C24H26BrN3O6/c1-6-7-21-27-18-9-8-16(25)12-17(18)23(29)28(21)26-13-15-10-19(31-3)22(20(11-15)32-4)34-14(2)24(30)33-5/h8-14H,6-7H2,1-5H3/t14-/m1/s1. The molecular weight excluding hydrogens is 506 g/mol. The third kappa shape index (κ3) is 5.39. The lowest BCUT2D eigenvalue weighted by Crippen LogP contribution is -2.25. The summed E-state index contributed by atoms with van der Waals surface area (Å²) >= 11 is 3.40. The molecule has 9 nitrogen and oxygen atoms in total. The maximum atomic E-state index is 13.2. The Bertz CT molecular complexity index is 1260. The van der Waals surface area contributed by atoms with Crippen molar-refractivity contribution in [3.05, 3.63) is 56.5 Å². The van der Waals surface area contributed by atoms with Crippen LogP contribution in [0.1, 0.15) is 31.7 Å². The lowest BCUT2D eigenvalue weighted by Gasteiger charge is -2.18. The highest BCUT2D eigenvalue weighted by Crippen LogP contribution is 2.39. The number of rotatable bonds is 9. The van der Waals surface area contributed by atoms with Gasteiger partial charge < -0.3 is 18.9 Å². The van der Waals surface area contributed by atoms with Crippen molar-refractivity contribution in [3.8, 4) is 17.2 Å². The molecule has 0 saturated heterocycles. The van der Waals surface area contributed by atoms with Crippen LogP contribution < -0.4 is 19.8 Å². The summed E-state index contributed by atoms with van der Waals surface area (Å²) < 4.78 is 23.4. The Hall–Kier alpha value is -3.40. The van der Waals surface area contributed by atoms with E-state index in [1.807, 2.05) is 13.0 Å². The van der Waals surface area contributed by atoms with Crippen LogP contribution in [0.5, 0.6) is 17.2 Å². The number of nitrogens with zero attached hydrogens (tertiary/aromatic N) is 3. The number of benzene rings is 2. The molecule has 0 radical (unpaired) electrons. The predicted molar refractivity (Wildman–Crippen MR) is 132 cm³/mol. The number of esters is 1. The van der Waals surface area contributed by atoms with Gasteiger partial charge in [0.2, 0.25) is 5.75 Å². The highest BCUT2D eigenvalue weighted by molar-refractivity contribution is 9.10. The van der Waals surface area contributed by atoms with Crippen LogP contribution in [0.25, 0.3) is 10.9 Å². The zero-order valence-corrected chi connectivity index (χ0v) is 21.2. The first kappa shape index (κ1) is 25.2. The molecule has 10 heteroatoms. The van der Waals surface area contributed by atoms with E-state index in [9.17, 15) is 9.59 Å². The molecule has 0 bridgehead atoms. The lowest BCUT2D eigenvalue weighted by atomic mass is 10.2. The van der Waals surface area contributed by atoms with Gasteiger partial charge in [-0.25, -0.2) is 9.78 Å². The maximum Gasteiger partial charge on any atom is 0.346 e. The summed E-state index contributed by atoms with van der Waals surface area (Å²) in [6, 6.07) is 8.72. The Kier molecular flexibility index (Phi) is 8.27. The average molecular weight is 532 g/mol. The van der Waals surface area contributed by atoms with Crippen molar-refractivity contribution < 1.29 is 23.7 Å². The van der Waals surface area contributed by atoms with Crippen molar-refractivity contribution in [2.75, 3.05) is 21.3 Å². The summed E-state index contributed by atoms with van der Waals surface area (Å²) in [5, 5.41) is 4.89. The van der Waals surface area contributed by atoms with Gasteiger partial charge in [0.15, 0.2) is 17.6 Å². The van der Waals surface area contributed by atoms with Crippen molar-refractivity contribution in [1.82, 2.24) is 9.66 Å². The molecule has 0 aliphatic heterocycles. The van der Waals surface area contributed by atoms with Gasteiger partial charge in [-0.15, -0.1) is 0 Å². The van der Waals surface area contributed by atoms with Gasteiger partial charge in [-0.05, 0) is 43.7 Å². The van der Waals surface area contributed by atoms with E-state index in [0.29, 0.717) is 40.2 Å². The van der Waals surface area contributed by atoms with Crippen LogP contribution in [0.2, 0.25) is 0 Å². The minimum Gasteiger partial charge on any atom is -0.493 e. The van der Waals surface area contributed by atoms with Gasteiger partial charge in [-0.2, -0.15) is 9.78 Å². The molecule has 1 heterocycles. The number of carbonyl (C=O) groups excluding carboxylic acids is 1. The van der Waals surface area contributed by atoms with E-state index in [0.717, 1.165) is 10.9 Å². The minimum atomic E-state index is -0.870. The van der Waals surface area contributed by atoms with Crippen LogP contribution in [0.15, 0.2) is 44.7 Å². The lowest BCUT2D eigenvalue weighted by molar-refractivity contribution is -0.148. The molecule has 0 fully saturated rings. The van der Waals surface area contributed by atoms with E-state index >= 15 is 0 Å². The smallest absolute Gasteiger partial charge is 0.346 e. The summed E-state index contributed by atoms with van der Waals surface area (Å²) in [5.74, 6) is 0.940. The van der Waals surface area contributed by atoms with E-state index < -0.39 is 12.1 Å². The Morgan fingerprint density at radius 3 is 2.44 bits per heavy atom. The second kappa shape index (κ2) is 11.1. The van der Waals surface area contributed by atoms with Crippen molar-refractivity contribution in [1.29, 1.82) is 0 Å². The number of fused-ring (bicyclic) bond motifs is 1.